The van der Waals surface area contributed by atoms with E-state index in [-0.39, 0.29) is 10.6 Å². The maximum absolute atomic E-state index is 10.8. The second-order valence-electron chi connectivity index (χ2n) is 5.48. The number of piperazine rings is 1. The Morgan fingerprint density at radius 2 is 1.96 bits per heavy atom. The first-order valence-corrected chi connectivity index (χ1v) is 8.24. The predicted molar refractivity (Wildman–Crippen MR) is 92.5 cm³/mol. The number of pyridine rings is 1. The molecule has 0 atom stereocenters. The van der Waals surface area contributed by atoms with E-state index in [1.807, 2.05) is 30.5 Å². The molecule has 2 heterocycles. The highest BCUT2D eigenvalue weighted by atomic mass is 79.9. The molecule has 6 nitrogen and oxygen atoms in total. The Hall–Kier alpha value is -1.99. The maximum Gasteiger partial charge on any atom is 0.270 e. The van der Waals surface area contributed by atoms with Crippen LogP contribution in [0.5, 0.6) is 0 Å². The smallest absolute Gasteiger partial charge is 0.270 e. The van der Waals surface area contributed by atoms with Crippen molar-refractivity contribution in [3.63, 3.8) is 0 Å². The molecule has 0 N–H and O–H groups in total. The van der Waals surface area contributed by atoms with Crippen LogP contribution in [0.1, 0.15) is 5.69 Å². The molecule has 1 aromatic heterocycles. The van der Waals surface area contributed by atoms with Gasteiger partial charge in [0.25, 0.3) is 5.69 Å². The molecule has 0 saturated carbocycles. The molecule has 0 bridgehead atoms. The Morgan fingerprint density at radius 3 is 2.57 bits per heavy atom. The van der Waals surface area contributed by atoms with Crippen LogP contribution in [0, 0.1) is 10.1 Å². The minimum atomic E-state index is -0.376. The van der Waals surface area contributed by atoms with Crippen LogP contribution < -0.4 is 4.90 Å². The number of non-ortho nitro benzene ring substituents is 1. The molecule has 0 aliphatic carbocycles. The largest absolute Gasteiger partial charge is 0.368 e. The van der Waals surface area contributed by atoms with Gasteiger partial charge in [-0.3, -0.25) is 20.0 Å². The number of anilines is 1. The van der Waals surface area contributed by atoms with Crippen molar-refractivity contribution in [3.8, 4) is 0 Å². The van der Waals surface area contributed by atoms with Crippen molar-refractivity contribution in [1.29, 1.82) is 0 Å². The molecule has 1 aliphatic rings. The summed E-state index contributed by atoms with van der Waals surface area (Å²) in [4.78, 5) is 19.4. The molecule has 120 valence electrons. The van der Waals surface area contributed by atoms with E-state index >= 15 is 0 Å². The first-order valence-electron chi connectivity index (χ1n) is 7.44. The van der Waals surface area contributed by atoms with E-state index < -0.39 is 0 Å². The number of nitro groups is 1. The highest BCUT2D eigenvalue weighted by Crippen LogP contribution is 2.30. The molecule has 0 spiro atoms. The van der Waals surface area contributed by atoms with Gasteiger partial charge in [-0.25, -0.2) is 0 Å². The summed E-state index contributed by atoms with van der Waals surface area (Å²) in [7, 11) is 0. The van der Waals surface area contributed by atoms with Crippen LogP contribution >= 0.6 is 15.9 Å². The first-order chi connectivity index (χ1) is 11.1. The summed E-state index contributed by atoms with van der Waals surface area (Å²) in [5.74, 6) is 0. The Labute approximate surface area is 143 Å². The van der Waals surface area contributed by atoms with E-state index in [9.17, 15) is 10.1 Å². The third-order valence-corrected chi connectivity index (χ3v) is 4.60. The van der Waals surface area contributed by atoms with Gasteiger partial charge in [0, 0.05) is 55.5 Å². The Balaban J connectivity index is 1.62. The number of hydrogen-bond donors (Lipinski definition) is 0. The Morgan fingerprint density at radius 1 is 1.17 bits per heavy atom. The third kappa shape index (κ3) is 3.86. The highest BCUT2D eigenvalue weighted by Gasteiger charge is 2.20. The second kappa shape index (κ2) is 7.06. The van der Waals surface area contributed by atoms with Gasteiger partial charge >= 0.3 is 0 Å². The van der Waals surface area contributed by atoms with Gasteiger partial charge in [-0.15, -0.1) is 0 Å². The molecule has 3 rings (SSSR count). The molecule has 1 saturated heterocycles. The minimum absolute atomic E-state index is 0.106. The fourth-order valence-corrected chi connectivity index (χ4v) is 3.35. The summed E-state index contributed by atoms with van der Waals surface area (Å²) in [5, 5.41) is 10.8. The molecule has 0 unspecified atom stereocenters. The van der Waals surface area contributed by atoms with Crippen molar-refractivity contribution >= 4 is 27.3 Å². The van der Waals surface area contributed by atoms with Crippen LogP contribution in [-0.4, -0.2) is 41.0 Å². The molecule has 0 radical (unpaired) electrons. The highest BCUT2D eigenvalue weighted by molar-refractivity contribution is 9.10. The van der Waals surface area contributed by atoms with E-state index in [0.29, 0.717) is 0 Å². The van der Waals surface area contributed by atoms with E-state index in [1.54, 1.807) is 12.1 Å². The minimum Gasteiger partial charge on any atom is -0.368 e. The molecule has 0 amide bonds. The van der Waals surface area contributed by atoms with Crippen molar-refractivity contribution in [1.82, 2.24) is 9.88 Å². The van der Waals surface area contributed by atoms with E-state index in [4.69, 9.17) is 0 Å². The van der Waals surface area contributed by atoms with Crippen LogP contribution in [-0.2, 0) is 6.54 Å². The predicted octanol–water partition coefficient (Wildman–Crippen LogP) is 3.07. The lowest BCUT2D eigenvalue weighted by atomic mass is 10.2. The van der Waals surface area contributed by atoms with E-state index in [1.165, 1.54) is 0 Å². The Kier molecular flexibility index (Phi) is 4.88. The number of benzene rings is 1. The quantitative estimate of drug-likeness (QED) is 0.605. The van der Waals surface area contributed by atoms with Crippen molar-refractivity contribution < 1.29 is 4.92 Å². The fourth-order valence-electron chi connectivity index (χ4n) is 2.73. The SMILES string of the molecule is O=[N+]([O-])c1ccc(N2CCN(Cc3ccccn3)CC2)c(Br)c1. The van der Waals surface area contributed by atoms with Gasteiger partial charge in [0.1, 0.15) is 0 Å². The summed E-state index contributed by atoms with van der Waals surface area (Å²) in [6.45, 7) is 4.53. The van der Waals surface area contributed by atoms with Crippen LogP contribution in [0.3, 0.4) is 0 Å². The van der Waals surface area contributed by atoms with Gasteiger partial charge in [-0.2, -0.15) is 0 Å². The topological polar surface area (TPSA) is 62.5 Å². The summed E-state index contributed by atoms with van der Waals surface area (Å²) in [5.41, 5.74) is 2.19. The number of halogens is 1. The Bertz CT molecular complexity index is 688. The molecule has 7 heteroatoms. The van der Waals surface area contributed by atoms with Gasteiger partial charge in [-0.05, 0) is 34.1 Å². The summed E-state index contributed by atoms with van der Waals surface area (Å²) < 4.78 is 0.768. The second-order valence-corrected chi connectivity index (χ2v) is 6.33. The van der Waals surface area contributed by atoms with Gasteiger partial charge in [0.2, 0.25) is 0 Å². The number of nitrogens with zero attached hydrogens (tertiary/aromatic N) is 4. The molecule has 1 fully saturated rings. The lowest BCUT2D eigenvalue weighted by Crippen LogP contribution is -2.46. The van der Waals surface area contributed by atoms with Crippen LogP contribution in [0.15, 0.2) is 47.1 Å². The lowest BCUT2D eigenvalue weighted by molar-refractivity contribution is -0.384. The molecule has 2 aromatic rings. The van der Waals surface area contributed by atoms with Crippen LogP contribution in [0.25, 0.3) is 0 Å². The third-order valence-electron chi connectivity index (χ3n) is 3.97. The zero-order valence-electron chi connectivity index (χ0n) is 12.6. The molecular formula is C16H17BrN4O2. The molecule has 23 heavy (non-hydrogen) atoms. The number of nitro benzene ring substituents is 1. The van der Waals surface area contributed by atoms with Crippen LogP contribution in [0.2, 0.25) is 0 Å². The van der Waals surface area contributed by atoms with E-state index in [0.717, 1.165) is 48.6 Å². The molecule has 1 aliphatic heterocycles. The standard InChI is InChI=1S/C16H17BrN4O2/c17-15-11-14(21(22)23)4-5-16(15)20-9-7-19(8-10-20)12-13-3-1-2-6-18-13/h1-6,11H,7-10,12H2. The van der Waals surface area contributed by atoms with Gasteiger partial charge in [-0.1, -0.05) is 6.07 Å². The van der Waals surface area contributed by atoms with Gasteiger partial charge < -0.3 is 4.90 Å². The lowest BCUT2D eigenvalue weighted by Gasteiger charge is -2.36. The first kappa shape index (κ1) is 15.9. The number of aromatic nitrogens is 1. The van der Waals surface area contributed by atoms with Gasteiger partial charge in [0.15, 0.2) is 0 Å². The summed E-state index contributed by atoms with van der Waals surface area (Å²) in [6, 6.07) is 10.9. The normalized spacial score (nSPS) is 15.6. The maximum atomic E-state index is 10.8. The van der Waals surface area contributed by atoms with Crippen molar-refractivity contribution in [2.24, 2.45) is 0 Å². The number of hydrogen-bond acceptors (Lipinski definition) is 5. The van der Waals surface area contributed by atoms with E-state index in [2.05, 4.69) is 30.7 Å². The zero-order chi connectivity index (χ0) is 16.2. The average Bonchev–Trinajstić information content (AvgIpc) is 2.56. The monoisotopic (exact) mass is 376 g/mol. The molecular weight excluding hydrogens is 360 g/mol. The zero-order valence-corrected chi connectivity index (χ0v) is 14.1. The molecule has 1 aromatic carbocycles. The summed E-state index contributed by atoms with van der Waals surface area (Å²) >= 11 is 3.45. The van der Waals surface area contributed by atoms with Gasteiger partial charge in [0.05, 0.1) is 16.3 Å². The summed E-state index contributed by atoms with van der Waals surface area (Å²) in [6.07, 6.45) is 1.82. The van der Waals surface area contributed by atoms with Crippen LogP contribution in [0.4, 0.5) is 11.4 Å². The average molecular weight is 377 g/mol. The fraction of sp³-hybridized carbons (Fsp3) is 0.312. The van der Waals surface area contributed by atoms with Crippen molar-refractivity contribution in [3.05, 3.63) is 62.9 Å². The van der Waals surface area contributed by atoms with Crippen molar-refractivity contribution in [2.75, 3.05) is 31.1 Å². The number of rotatable bonds is 4. The van der Waals surface area contributed by atoms with Crippen molar-refractivity contribution in [2.45, 2.75) is 6.54 Å².